The highest BCUT2D eigenvalue weighted by molar-refractivity contribution is 14.1. The fourth-order valence-corrected chi connectivity index (χ4v) is 3.97. The molecule has 2 aliphatic rings. The molecule has 0 aromatic carbocycles. The summed E-state index contributed by atoms with van der Waals surface area (Å²) in [6.45, 7) is 1.02. The highest BCUT2D eigenvalue weighted by Crippen LogP contribution is 2.43. The Morgan fingerprint density at radius 2 is 2.24 bits per heavy atom. The Hall–Kier alpha value is -1.60. The second kappa shape index (κ2) is 5.71. The molecule has 0 saturated carbocycles. The highest BCUT2D eigenvalue weighted by atomic mass is 127. The van der Waals surface area contributed by atoms with Crippen molar-refractivity contribution in [2.75, 3.05) is 11.9 Å². The van der Waals surface area contributed by atoms with E-state index < -0.39 is 30.6 Å². The molecule has 1 saturated heterocycles. The summed E-state index contributed by atoms with van der Waals surface area (Å²) in [7, 11) is 0. The van der Waals surface area contributed by atoms with Gasteiger partial charge in [0.15, 0.2) is 6.23 Å². The Kier molecular flexibility index (Phi) is 3.85. The lowest BCUT2D eigenvalue weighted by atomic mass is 9.96. The van der Waals surface area contributed by atoms with Crippen molar-refractivity contribution >= 4 is 48.9 Å². The number of hydrogen-bond acceptors (Lipinski definition) is 7. The van der Waals surface area contributed by atoms with E-state index >= 15 is 0 Å². The number of rotatable bonds is 2. The molecular weight excluding hydrogens is 443 g/mol. The van der Waals surface area contributed by atoms with Gasteiger partial charge in [0.05, 0.1) is 12.0 Å². The first-order valence-corrected chi connectivity index (χ1v) is 8.63. The van der Waals surface area contributed by atoms with Crippen LogP contribution in [-0.4, -0.2) is 60.2 Å². The molecule has 2 aromatic heterocycles. The van der Waals surface area contributed by atoms with Crippen LogP contribution in [0.2, 0.25) is 0 Å². The van der Waals surface area contributed by atoms with Crippen LogP contribution in [0.3, 0.4) is 0 Å². The Bertz CT molecular complexity index is 909. The van der Waals surface area contributed by atoms with Gasteiger partial charge >= 0.3 is 0 Å². The number of anilines is 1. The lowest BCUT2D eigenvalue weighted by molar-refractivity contribution is -0.111. The molecule has 4 N–H and O–H groups in total. The smallest absolute Gasteiger partial charge is 0.250 e. The maximum absolute atomic E-state index is 11.9. The van der Waals surface area contributed by atoms with Gasteiger partial charge < -0.3 is 29.9 Å². The van der Waals surface area contributed by atoms with Crippen LogP contribution in [0.4, 0.5) is 5.82 Å². The summed E-state index contributed by atoms with van der Waals surface area (Å²) in [5, 5.41) is 33.6. The monoisotopic (exact) mass is 458 g/mol. The van der Waals surface area contributed by atoms with Crippen molar-refractivity contribution in [2.24, 2.45) is 0 Å². The zero-order chi connectivity index (χ0) is 17.9. The average Bonchev–Trinajstić information content (AvgIpc) is 3.00. The van der Waals surface area contributed by atoms with E-state index in [4.69, 9.17) is 4.74 Å². The molecule has 132 valence electrons. The molecule has 10 heteroatoms. The number of aliphatic hydroxyl groups is 3. The zero-order valence-corrected chi connectivity index (χ0v) is 15.2. The van der Waals surface area contributed by atoms with Crippen molar-refractivity contribution < 1.29 is 24.9 Å². The zero-order valence-electron chi connectivity index (χ0n) is 13.0. The molecule has 4 heterocycles. The van der Waals surface area contributed by atoms with Gasteiger partial charge in [-0.1, -0.05) is 0 Å². The predicted octanol–water partition coefficient (Wildman–Crippen LogP) is 0.161. The molecule has 0 bridgehead atoms. The van der Waals surface area contributed by atoms with E-state index in [0.29, 0.717) is 26.0 Å². The molecule has 9 nitrogen and oxygen atoms in total. The van der Waals surface area contributed by atoms with Crippen LogP contribution in [0.15, 0.2) is 18.6 Å². The minimum atomic E-state index is -1.63. The van der Waals surface area contributed by atoms with Crippen LogP contribution in [0.25, 0.3) is 14.6 Å². The third-order valence-corrected chi connectivity index (χ3v) is 5.45. The molecule has 4 rings (SSSR count). The predicted molar refractivity (Wildman–Crippen MR) is 95.8 cm³/mol. The largest absolute Gasteiger partial charge is 0.394 e. The van der Waals surface area contributed by atoms with E-state index in [2.05, 4.69) is 15.3 Å². The van der Waals surface area contributed by atoms with E-state index in [1.54, 1.807) is 10.8 Å². The van der Waals surface area contributed by atoms with E-state index in [1.165, 1.54) is 19.3 Å². The molecule has 2 aromatic rings. The quantitative estimate of drug-likeness (QED) is 0.472. The third-order valence-electron chi connectivity index (χ3n) is 4.55. The van der Waals surface area contributed by atoms with E-state index in [1.807, 2.05) is 22.6 Å². The number of halogens is 1. The number of aliphatic hydroxyl groups excluding tert-OH is 2. The van der Waals surface area contributed by atoms with Gasteiger partial charge in [0.25, 0.3) is 5.91 Å². The Balaban J connectivity index is 1.94. The van der Waals surface area contributed by atoms with Crippen LogP contribution < -0.4 is 5.32 Å². The summed E-state index contributed by atoms with van der Waals surface area (Å²) in [4.78, 5) is 20.3. The minimum absolute atomic E-state index is 0.285. The van der Waals surface area contributed by atoms with Gasteiger partial charge in [-0.2, -0.15) is 0 Å². The molecule has 0 radical (unpaired) electrons. The number of nitrogens with one attached hydrogen (secondary N) is 1. The maximum atomic E-state index is 11.9. The fourth-order valence-electron chi connectivity index (χ4n) is 3.28. The second-order valence-corrected chi connectivity index (χ2v) is 7.39. The summed E-state index contributed by atoms with van der Waals surface area (Å²) in [6.07, 6.45) is 1.32. The maximum Gasteiger partial charge on any atom is 0.250 e. The van der Waals surface area contributed by atoms with E-state index in [-0.39, 0.29) is 5.91 Å². The number of hydrogen-bond donors (Lipinski definition) is 4. The molecule has 1 fully saturated rings. The Labute approximate surface area is 155 Å². The molecule has 2 aliphatic heterocycles. The van der Waals surface area contributed by atoms with Crippen LogP contribution in [-0.2, 0) is 9.53 Å². The van der Waals surface area contributed by atoms with Gasteiger partial charge in [0, 0.05) is 21.4 Å². The van der Waals surface area contributed by atoms with Crippen molar-refractivity contribution in [1.82, 2.24) is 14.5 Å². The molecule has 1 amide bonds. The first-order chi connectivity index (χ1) is 11.8. The summed E-state index contributed by atoms with van der Waals surface area (Å²) >= 11 is 2.04. The van der Waals surface area contributed by atoms with Crippen molar-refractivity contribution in [3.63, 3.8) is 0 Å². The van der Waals surface area contributed by atoms with Gasteiger partial charge in [-0.25, -0.2) is 9.97 Å². The number of aromatic nitrogens is 3. The van der Waals surface area contributed by atoms with Crippen LogP contribution >= 0.6 is 22.6 Å². The Morgan fingerprint density at radius 3 is 2.92 bits per heavy atom. The summed E-state index contributed by atoms with van der Waals surface area (Å²) in [5.74, 6) is 0.0793. The molecule has 0 unspecified atom stereocenters. The van der Waals surface area contributed by atoms with Crippen molar-refractivity contribution in [3.8, 4) is 0 Å². The summed E-state index contributed by atoms with van der Waals surface area (Å²) in [5.41, 5.74) is -0.476. The van der Waals surface area contributed by atoms with Gasteiger partial charge in [-0.15, -0.1) is 0 Å². The molecule has 0 spiro atoms. The SMILES string of the molecule is C[C@@]1(O)[C@H](O)[C@@H](CO)O[C@H]1n1cc2c3c(ncnc31)NC(=O)C=C2I. The minimum Gasteiger partial charge on any atom is -0.394 e. The first-order valence-electron chi connectivity index (χ1n) is 7.55. The second-order valence-electron chi connectivity index (χ2n) is 6.23. The number of carbonyl (C=O) groups is 1. The van der Waals surface area contributed by atoms with Gasteiger partial charge in [-0.3, -0.25) is 4.79 Å². The summed E-state index contributed by atoms with van der Waals surface area (Å²) in [6, 6.07) is 0. The lowest BCUT2D eigenvalue weighted by Gasteiger charge is -2.27. The van der Waals surface area contributed by atoms with Gasteiger partial charge in [-0.05, 0) is 29.5 Å². The average molecular weight is 458 g/mol. The molecule has 4 atom stereocenters. The standard InChI is InChI=1S/C15H15IN4O5/c1-15(24)11(23)8(4-21)25-14(15)20-3-6-7(16)2-9(22)19-12-10(6)13(20)18-5-17-12/h2-3,5,8,11,14,21,23-24H,4H2,1H3,(H,17,18,19,22)/t8-,11-,14-,15-/m1/s1. The topological polar surface area (TPSA) is 130 Å². The highest BCUT2D eigenvalue weighted by Gasteiger charge is 2.53. The van der Waals surface area contributed by atoms with Crippen molar-refractivity contribution in [1.29, 1.82) is 0 Å². The molecule has 0 aliphatic carbocycles. The lowest BCUT2D eigenvalue weighted by Crippen LogP contribution is -2.44. The Morgan fingerprint density at radius 1 is 1.48 bits per heavy atom. The normalized spacial score (nSPS) is 31.8. The van der Waals surface area contributed by atoms with E-state index in [0.717, 1.165) is 0 Å². The fraction of sp³-hybridized carbons (Fsp3) is 0.400. The number of nitrogens with zero attached hydrogens (tertiary/aromatic N) is 3. The van der Waals surface area contributed by atoms with Crippen molar-refractivity contribution in [2.45, 2.75) is 31.0 Å². The summed E-state index contributed by atoms with van der Waals surface area (Å²) < 4.78 is 7.96. The number of amides is 1. The van der Waals surface area contributed by atoms with Crippen molar-refractivity contribution in [3.05, 3.63) is 24.2 Å². The van der Waals surface area contributed by atoms with Gasteiger partial charge in [0.1, 0.15) is 35.6 Å². The van der Waals surface area contributed by atoms with Crippen LogP contribution in [0, 0.1) is 0 Å². The van der Waals surface area contributed by atoms with E-state index in [9.17, 15) is 20.1 Å². The number of ether oxygens (including phenoxy) is 1. The van der Waals surface area contributed by atoms with Crippen LogP contribution in [0.1, 0.15) is 18.7 Å². The van der Waals surface area contributed by atoms with Gasteiger partial charge in [0.2, 0.25) is 0 Å². The molecule has 25 heavy (non-hydrogen) atoms. The van der Waals surface area contributed by atoms with Crippen LogP contribution in [0.5, 0.6) is 0 Å². The molecular formula is C15H15IN4O5. The third kappa shape index (κ3) is 2.39. The number of carbonyl (C=O) groups excluding carboxylic acids is 1. The first kappa shape index (κ1) is 16.8.